The Hall–Kier alpha value is -0.770. The van der Waals surface area contributed by atoms with Gasteiger partial charge in [-0.25, -0.2) is 0 Å². The molecule has 2 atom stereocenters. The van der Waals surface area contributed by atoms with E-state index in [0.29, 0.717) is 6.04 Å². The molecule has 2 unspecified atom stereocenters. The van der Waals surface area contributed by atoms with Crippen LogP contribution in [0.15, 0.2) is 18.2 Å². The fraction of sp³-hybridized carbons (Fsp3) is 0.647. The normalized spacial score (nSPS) is 22.6. The van der Waals surface area contributed by atoms with E-state index in [2.05, 4.69) is 36.2 Å². The van der Waals surface area contributed by atoms with Crippen LogP contribution in [0, 0.1) is 5.92 Å². The minimum atomic E-state index is 0.581. The number of hydrogen-bond acceptors (Lipinski definition) is 3. The van der Waals surface area contributed by atoms with Gasteiger partial charge < -0.3 is 15.0 Å². The summed E-state index contributed by atoms with van der Waals surface area (Å²) in [6, 6.07) is 6.82. The Morgan fingerprint density at radius 2 is 2.14 bits per heavy atom. The van der Waals surface area contributed by atoms with Crippen molar-refractivity contribution in [3.05, 3.63) is 28.8 Å². The Labute approximate surface area is 133 Å². The topological polar surface area (TPSA) is 24.5 Å². The van der Waals surface area contributed by atoms with E-state index in [0.717, 1.165) is 37.2 Å². The smallest absolute Gasteiger partial charge is 0.0587 e. The SMILES string of the molecule is COCCNCc1ccc(Cl)cc1N1CC(C)CCC1C. The molecule has 21 heavy (non-hydrogen) atoms. The van der Waals surface area contributed by atoms with Gasteiger partial charge in [0.05, 0.1) is 6.61 Å². The molecule has 0 aromatic heterocycles. The van der Waals surface area contributed by atoms with Crippen molar-refractivity contribution in [3.63, 3.8) is 0 Å². The molecule has 1 aliphatic rings. The quantitative estimate of drug-likeness (QED) is 0.811. The Bertz CT molecular complexity index is 452. The second-order valence-electron chi connectivity index (χ2n) is 6.13. The number of anilines is 1. The van der Waals surface area contributed by atoms with Crippen LogP contribution in [0.3, 0.4) is 0 Å². The fourth-order valence-electron chi connectivity index (χ4n) is 2.98. The van der Waals surface area contributed by atoms with Crippen molar-refractivity contribution in [3.8, 4) is 0 Å². The maximum atomic E-state index is 6.24. The molecule has 0 bridgehead atoms. The Morgan fingerprint density at radius 1 is 1.33 bits per heavy atom. The number of methoxy groups -OCH3 is 1. The third-order valence-corrected chi connectivity index (χ3v) is 4.51. The summed E-state index contributed by atoms with van der Waals surface area (Å²) in [7, 11) is 1.73. The number of ether oxygens (including phenoxy) is 1. The number of benzene rings is 1. The predicted molar refractivity (Wildman–Crippen MR) is 90.2 cm³/mol. The zero-order chi connectivity index (χ0) is 15.2. The minimum absolute atomic E-state index is 0.581. The van der Waals surface area contributed by atoms with Crippen LogP contribution in [0.25, 0.3) is 0 Å². The van der Waals surface area contributed by atoms with Gasteiger partial charge >= 0.3 is 0 Å². The predicted octanol–water partition coefficient (Wildman–Crippen LogP) is 3.70. The number of nitrogens with zero attached hydrogens (tertiary/aromatic N) is 1. The molecular weight excluding hydrogens is 284 g/mol. The lowest BCUT2D eigenvalue weighted by molar-refractivity contribution is 0.199. The standard InChI is InChI=1S/C17H27ClN2O/c1-13-4-5-14(2)20(12-13)17-10-16(18)7-6-15(17)11-19-8-9-21-3/h6-7,10,13-14,19H,4-5,8-9,11-12H2,1-3H3. The molecule has 0 amide bonds. The number of hydrogen-bond donors (Lipinski definition) is 1. The molecule has 0 aliphatic carbocycles. The lowest BCUT2D eigenvalue weighted by atomic mass is 9.93. The van der Waals surface area contributed by atoms with Crippen molar-refractivity contribution in [2.75, 3.05) is 31.7 Å². The highest BCUT2D eigenvalue weighted by Crippen LogP contribution is 2.32. The summed E-state index contributed by atoms with van der Waals surface area (Å²) in [4.78, 5) is 2.52. The molecule has 4 heteroatoms. The van der Waals surface area contributed by atoms with Gasteiger partial charge in [-0.1, -0.05) is 24.6 Å². The third-order valence-electron chi connectivity index (χ3n) is 4.27. The van der Waals surface area contributed by atoms with Crippen molar-refractivity contribution in [2.24, 2.45) is 5.92 Å². The summed E-state index contributed by atoms with van der Waals surface area (Å²) < 4.78 is 5.08. The summed E-state index contributed by atoms with van der Waals surface area (Å²) in [5.41, 5.74) is 2.60. The molecule has 3 nitrogen and oxygen atoms in total. The van der Waals surface area contributed by atoms with Gasteiger partial charge in [-0.15, -0.1) is 0 Å². The number of piperidine rings is 1. The second kappa shape index (κ2) is 8.02. The van der Waals surface area contributed by atoms with Gasteiger partial charge in [0.1, 0.15) is 0 Å². The summed E-state index contributed by atoms with van der Waals surface area (Å²) in [5, 5.41) is 4.25. The van der Waals surface area contributed by atoms with E-state index in [9.17, 15) is 0 Å². The first-order chi connectivity index (χ1) is 10.1. The lowest BCUT2D eigenvalue weighted by Crippen LogP contribution is -2.41. The molecule has 1 N–H and O–H groups in total. The minimum Gasteiger partial charge on any atom is -0.383 e. The van der Waals surface area contributed by atoms with Gasteiger partial charge in [0.25, 0.3) is 0 Å². The molecule has 1 aromatic carbocycles. The van der Waals surface area contributed by atoms with Crippen LogP contribution < -0.4 is 10.2 Å². The summed E-state index contributed by atoms with van der Waals surface area (Å²) >= 11 is 6.24. The fourth-order valence-corrected chi connectivity index (χ4v) is 3.14. The summed E-state index contributed by atoms with van der Waals surface area (Å²) in [6.45, 7) is 8.22. The van der Waals surface area contributed by atoms with Crippen molar-refractivity contribution in [1.29, 1.82) is 0 Å². The van der Waals surface area contributed by atoms with Crippen molar-refractivity contribution in [2.45, 2.75) is 39.3 Å². The highest BCUT2D eigenvalue weighted by atomic mass is 35.5. The van der Waals surface area contributed by atoms with Crippen molar-refractivity contribution < 1.29 is 4.74 Å². The Kier molecular flexibility index (Phi) is 6.34. The van der Waals surface area contributed by atoms with Crippen LogP contribution in [0.4, 0.5) is 5.69 Å². The molecule has 1 saturated heterocycles. The van der Waals surface area contributed by atoms with Crippen molar-refractivity contribution >= 4 is 17.3 Å². The van der Waals surface area contributed by atoms with E-state index >= 15 is 0 Å². The maximum Gasteiger partial charge on any atom is 0.0587 e. The van der Waals surface area contributed by atoms with E-state index in [1.165, 1.54) is 24.1 Å². The number of nitrogens with one attached hydrogen (secondary N) is 1. The molecule has 1 aliphatic heterocycles. The van der Waals surface area contributed by atoms with E-state index in [4.69, 9.17) is 16.3 Å². The molecule has 1 heterocycles. The number of halogens is 1. The zero-order valence-corrected chi connectivity index (χ0v) is 14.1. The van der Waals surface area contributed by atoms with Crippen LogP contribution in [-0.4, -0.2) is 32.8 Å². The largest absolute Gasteiger partial charge is 0.383 e. The van der Waals surface area contributed by atoms with Gasteiger partial charge in [-0.3, -0.25) is 0 Å². The van der Waals surface area contributed by atoms with Crippen LogP contribution in [0.1, 0.15) is 32.3 Å². The Balaban J connectivity index is 2.13. The van der Waals surface area contributed by atoms with Gasteiger partial charge in [0.15, 0.2) is 0 Å². The second-order valence-corrected chi connectivity index (χ2v) is 6.56. The van der Waals surface area contributed by atoms with Crippen LogP contribution in [0.2, 0.25) is 5.02 Å². The van der Waals surface area contributed by atoms with Crippen LogP contribution in [-0.2, 0) is 11.3 Å². The monoisotopic (exact) mass is 310 g/mol. The van der Waals surface area contributed by atoms with Gasteiger partial charge in [0.2, 0.25) is 0 Å². The Morgan fingerprint density at radius 3 is 2.90 bits per heavy atom. The maximum absolute atomic E-state index is 6.24. The summed E-state index contributed by atoms with van der Waals surface area (Å²) in [6.07, 6.45) is 2.57. The van der Waals surface area contributed by atoms with E-state index < -0.39 is 0 Å². The first kappa shape index (κ1) is 16.6. The molecule has 0 radical (unpaired) electrons. The first-order valence-electron chi connectivity index (χ1n) is 7.86. The summed E-state index contributed by atoms with van der Waals surface area (Å²) in [5.74, 6) is 0.745. The molecule has 0 saturated carbocycles. The molecule has 1 fully saturated rings. The van der Waals surface area contributed by atoms with Gasteiger partial charge in [0, 0.05) is 43.5 Å². The van der Waals surface area contributed by atoms with Gasteiger partial charge in [-0.05, 0) is 43.4 Å². The van der Waals surface area contributed by atoms with E-state index in [1.807, 2.05) is 6.07 Å². The first-order valence-corrected chi connectivity index (χ1v) is 8.24. The molecule has 0 spiro atoms. The third kappa shape index (κ3) is 4.60. The molecule has 1 aromatic rings. The number of rotatable bonds is 6. The molecule has 118 valence electrons. The zero-order valence-electron chi connectivity index (χ0n) is 13.4. The average molecular weight is 311 g/mol. The van der Waals surface area contributed by atoms with Crippen LogP contribution in [0.5, 0.6) is 0 Å². The highest BCUT2D eigenvalue weighted by molar-refractivity contribution is 6.30. The van der Waals surface area contributed by atoms with E-state index in [-0.39, 0.29) is 0 Å². The molecular formula is C17H27ClN2O. The highest BCUT2D eigenvalue weighted by Gasteiger charge is 2.24. The molecule has 2 rings (SSSR count). The van der Waals surface area contributed by atoms with Crippen molar-refractivity contribution in [1.82, 2.24) is 5.32 Å². The lowest BCUT2D eigenvalue weighted by Gasteiger charge is -2.39. The van der Waals surface area contributed by atoms with Gasteiger partial charge in [-0.2, -0.15) is 0 Å². The van der Waals surface area contributed by atoms with Crippen LogP contribution >= 0.6 is 11.6 Å². The van der Waals surface area contributed by atoms with E-state index in [1.54, 1.807) is 7.11 Å². The average Bonchev–Trinajstić information content (AvgIpc) is 2.47.